The Bertz CT molecular complexity index is 413. The van der Waals surface area contributed by atoms with Crippen LogP contribution in [0.5, 0.6) is 0 Å². The zero-order valence-corrected chi connectivity index (χ0v) is 8.84. The summed E-state index contributed by atoms with van der Waals surface area (Å²) in [4.78, 5) is 14.2. The van der Waals surface area contributed by atoms with Gasteiger partial charge in [0.2, 0.25) is 0 Å². The van der Waals surface area contributed by atoms with Crippen molar-refractivity contribution < 1.29 is 18.7 Å². The summed E-state index contributed by atoms with van der Waals surface area (Å²) >= 11 is 5.68. The predicted molar refractivity (Wildman–Crippen MR) is 53.4 cm³/mol. The topological polar surface area (TPSA) is 76.2 Å². The molecular formula is C9H9ClF2N2O2. The van der Waals surface area contributed by atoms with Gasteiger partial charge >= 0.3 is 5.97 Å². The fourth-order valence-electron chi connectivity index (χ4n) is 1.26. The molecule has 0 unspecified atom stereocenters. The molecule has 3 N–H and O–H groups in total. The molecule has 0 aromatic carbocycles. The molecule has 0 radical (unpaired) electrons. The molecule has 4 nitrogen and oxygen atoms in total. The Morgan fingerprint density at radius 3 is 2.69 bits per heavy atom. The first-order valence-corrected chi connectivity index (χ1v) is 4.71. The summed E-state index contributed by atoms with van der Waals surface area (Å²) in [5.41, 5.74) is 4.80. The van der Waals surface area contributed by atoms with E-state index < -0.39 is 24.4 Å². The lowest BCUT2D eigenvalue weighted by atomic mass is 10.1. The first kappa shape index (κ1) is 12.8. The number of aliphatic carboxylic acids is 1. The number of aromatic nitrogens is 1. The molecule has 0 aliphatic heterocycles. The molecule has 0 aliphatic rings. The Morgan fingerprint density at radius 1 is 1.62 bits per heavy atom. The van der Waals surface area contributed by atoms with E-state index in [0.29, 0.717) is 0 Å². The third-order valence-corrected chi connectivity index (χ3v) is 2.39. The molecule has 1 rings (SSSR count). The second-order valence-corrected chi connectivity index (χ2v) is 3.41. The van der Waals surface area contributed by atoms with E-state index in [1.54, 1.807) is 0 Å². The highest BCUT2D eigenvalue weighted by atomic mass is 35.5. The number of nitrogens with two attached hydrogens (primary N) is 1. The van der Waals surface area contributed by atoms with Crippen molar-refractivity contribution in [1.29, 1.82) is 0 Å². The van der Waals surface area contributed by atoms with E-state index >= 15 is 0 Å². The lowest BCUT2D eigenvalue weighted by Crippen LogP contribution is -2.09. The van der Waals surface area contributed by atoms with E-state index in [2.05, 4.69) is 4.98 Å². The van der Waals surface area contributed by atoms with Gasteiger partial charge in [-0.15, -0.1) is 0 Å². The molecule has 7 heteroatoms. The number of nitrogens with zero attached hydrogens (tertiary/aromatic N) is 1. The Kier molecular flexibility index (Phi) is 4.14. The van der Waals surface area contributed by atoms with Gasteiger partial charge in [-0.25, -0.2) is 8.78 Å². The predicted octanol–water partition coefficient (Wildman–Crippen LogP) is 1.76. The van der Waals surface area contributed by atoms with Crippen LogP contribution in [0.15, 0.2) is 6.20 Å². The van der Waals surface area contributed by atoms with Gasteiger partial charge in [0.05, 0.1) is 17.1 Å². The first-order chi connectivity index (χ1) is 7.47. The van der Waals surface area contributed by atoms with Crippen LogP contribution in [0.3, 0.4) is 0 Å². The van der Waals surface area contributed by atoms with E-state index in [1.165, 1.54) is 0 Å². The average Bonchev–Trinajstić information content (AvgIpc) is 2.16. The van der Waals surface area contributed by atoms with Gasteiger partial charge in [-0.1, -0.05) is 11.6 Å². The summed E-state index contributed by atoms with van der Waals surface area (Å²) in [6, 6.07) is 0. The number of carboxylic acid groups (broad SMARTS) is 1. The molecule has 0 amide bonds. The first-order valence-electron chi connectivity index (χ1n) is 4.33. The molecule has 16 heavy (non-hydrogen) atoms. The molecule has 0 fully saturated rings. The third kappa shape index (κ3) is 2.65. The standard InChI is InChI=1S/C9H9ClF2N2O2/c10-8-5(2-13)14-3-4(1-6(15)16)7(8)9(11)12/h3,9H,1-2,13H2,(H,15,16). The van der Waals surface area contributed by atoms with E-state index in [9.17, 15) is 13.6 Å². The zero-order valence-electron chi connectivity index (χ0n) is 8.08. The van der Waals surface area contributed by atoms with E-state index in [-0.39, 0.29) is 22.8 Å². The molecule has 88 valence electrons. The highest BCUT2D eigenvalue weighted by Crippen LogP contribution is 2.32. The maximum Gasteiger partial charge on any atom is 0.307 e. The molecule has 0 spiro atoms. The highest BCUT2D eigenvalue weighted by Gasteiger charge is 2.21. The minimum atomic E-state index is -2.85. The van der Waals surface area contributed by atoms with Crippen molar-refractivity contribution in [2.75, 3.05) is 0 Å². The maximum atomic E-state index is 12.7. The van der Waals surface area contributed by atoms with Crippen LogP contribution in [0.2, 0.25) is 5.02 Å². The molecular weight excluding hydrogens is 242 g/mol. The largest absolute Gasteiger partial charge is 0.481 e. The number of carboxylic acids is 1. The molecule has 1 aromatic rings. The number of carbonyl (C=O) groups is 1. The van der Waals surface area contributed by atoms with Crippen LogP contribution in [-0.4, -0.2) is 16.1 Å². The monoisotopic (exact) mass is 250 g/mol. The summed E-state index contributed by atoms with van der Waals surface area (Å²) in [5, 5.41) is 8.30. The fourth-order valence-corrected chi connectivity index (χ4v) is 1.59. The minimum absolute atomic E-state index is 0.0775. The van der Waals surface area contributed by atoms with Gasteiger partial charge in [0.15, 0.2) is 0 Å². The van der Waals surface area contributed by atoms with Crippen molar-refractivity contribution in [2.45, 2.75) is 19.4 Å². The third-order valence-electron chi connectivity index (χ3n) is 1.97. The van der Waals surface area contributed by atoms with Gasteiger partial charge in [-0.2, -0.15) is 0 Å². The van der Waals surface area contributed by atoms with Gasteiger partial charge in [0.1, 0.15) is 0 Å². The van der Waals surface area contributed by atoms with Crippen LogP contribution >= 0.6 is 11.6 Å². The van der Waals surface area contributed by atoms with Crippen molar-refractivity contribution in [1.82, 2.24) is 4.98 Å². The minimum Gasteiger partial charge on any atom is -0.481 e. The highest BCUT2D eigenvalue weighted by molar-refractivity contribution is 6.32. The van der Waals surface area contributed by atoms with Crippen LogP contribution in [0, 0.1) is 0 Å². The second kappa shape index (κ2) is 5.18. The molecule has 0 bridgehead atoms. The molecule has 1 aromatic heterocycles. The summed E-state index contributed by atoms with van der Waals surface area (Å²) in [7, 11) is 0. The lowest BCUT2D eigenvalue weighted by molar-refractivity contribution is -0.136. The van der Waals surface area contributed by atoms with Crippen LogP contribution in [0.25, 0.3) is 0 Å². The van der Waals surface area contributed by atoms with Crippen molar-refractivity contribution in [2.24, 2.45) is 5.73 Å². The number of halogens is 3. The number of pyridine rings is 1. The Labute approximate surface area is 95.0 Å². The molecule has 0 saturated carbocycles. The van der Waals surface area contributed by atoms with Gasteiger partial charge in [0.25, 0.3) is 6.43 Å². The molecule has 0 atom stereocenters. The van der Waals surface area contributed by atoms with Crippen molar-refractivity contribution in [3.63, 3.8) is 0 Å². The number of rotatable bonds is 4. The van der Waals surface area contributed by atoms with E-state index in [0.717, 1.165) is 6.20 Å². The van der Waals surface area contributed by atoms with Gasteiger partial charge in [-0.05, 0) is 5.56 Å². The summed E-state index contributed by atoms with van der Waals surface area (Å²) in [6.45, 7) is -0.0775. The summed E-state index contributed by atoms with van der Waals surface area (Å²) < 4.78 is 25.4. The SMILES string of the molecule is NCc1ncc(CC(=O)O)c(C(F)F)c1Cl. The Balaban J connectivity index is 3.28. The lowest BCUT2D eigenvalue weighted by Gasteiger charge is -2.11. The van der Waals surface area contributed by atoms with E-state index in [4.69, 9.17) is 22.4 Å². The molecule has 0 saturated heterocycles. The van der Waals surface area contributed by atoms with Gasteiger partial charge in [-0.3, -0.25) is 9.78 Å². The van der Waals surface area contributed by atoms with Crippen molar-refractivity contribution >= 4 is 17.6 Å². The van der Waals surface area contributed by atoms with Gasteiger partial charge < -0.3 is 10.8 Å². The summed E-state index contributed by atoms with van der Waals surface area (Å²) in [6.07, 6.45) is -2.32. The van der Waals surface area contributed by atoms with Crippen LogP contribution in [-0.2, 0) is 17.8 Å². The van der Waals surface area contributed by atoms with Crippen molar-refractivity contribution in [3.8, 4) is 0 Å². The zero-order chi connectivity index (χ0) is 12.3. The Hall–Kier alpha value is -1.27. The second-order valence-electron chi connectivity index (χ2n) is 3.03. The number of hydrogen-bond acceptors (Lipinski definition) is 3. The van der Waals surface area contributed by atoms with Crippen molar-refractivity contribution in [3.05, 3.63) is 28.0 Å². The van der Waals surface area contributed by atoms with Gasteiger partial charge in [0, 0.05) is 18.3 Å². The van der Waals surface area contributed by atoms with E-state index in [1.807, 2.05) is 0 Å². The van der Waals surface area contributed by atoms with Crippen LogP contribution in [0.4, 0.5) is 8.78 Å². The normalized spacial score (nSPS) is 10.8. The molecule has 0 aliphatic carbocycles. The number of alkyl halides is 2. The average molecular weight is 251 g/mol. The fraction of sp³-hybridized carbons (Fsp3) is 0.333. The quantitative estimate of drug-likeness (QED) is 0.854. The number of hydrogen-bond donors (Lipinski definition) is 2. The van der Waals surface area contributed by atoms with Crippen LogP contribution in [0.1, 0.15) is 23.2 Å². The maximum absolute atomic E-state index is 12.7. The van der Waals surface area contributed by atoms with Crippen LogP contribution < -0.4 is 5.73 Å². The smallest absolute Gasteiger partial charge is 0.307 e. The summed E-state index contributed by atoms with van der Waals surface area (Å²) in [5.74, 6) is -1.22. The Morgan fingerprint density at radius 2 is 2.25 bits per heavy atom. The molecule has 1 heterocycles.